The summed E-state index contributed by atoms with van der Waals surface area (Å²) in [6, 6.07) is 1.36. The molecule has 1 aromatic rings. The number of aliphatic carboxylic acids is 1. The van der Waals surface area contributed by atoms with Crippen molar-refractivity contribution in [2.24, 2.45) is 5.92 Å². The molecule has 0 radical (unpaired) electrons. The van der Waals surface area contributed by atoms with Gasteiger partial charge in [-0.1, -0.05) is 0 Å². The van der Waals surface area contributed by atoms with Crippen LogP contribution in [0.15, 0.2) is 18.5 Å². The molecule has 2 amide bonds. The summed E-state index contributed by atoms with van der Waals surface area (Å²) < 4.78 is 5.24. The number of nitrogens with one attached hydrogen (secondary N) is 2. The van der Waals surface area contributed by atoms with E-state index in [2.05, 4.69) is 15.6 Å². The molecule has 1 aliphatic carbocycles. The molecule has 7 nitrogen and oxygen atoms in total. The van der Waals surface area contributed by atoms with Crippen molar-refractivity contribution in [1.82, 2.24) is 15.6 Å². The van der Waals surface area contributed by atoms with E-state index in [-0.39, 0.29) is 24.0 Å². The fraction of sp³-hybridized carbons (Fsp3) is 0.562. The van der Waals surface area contributed by atoms with Crippen LogP contribution in [-0.4, -0.2) is 35.2 Å². The Hall–Kier alpha value is -2.31. The monoisotopic (exact) mass is 321 g/mol. The Labute approximate surface area is 135 Å². The molecule has 1 saturated carbocycles. The average molecular weight is 321 g/mol. The molecule has 0 bridgehead atoms. The second-order valence-corrected chi connectivity index (χ2v) is 5.84. The Morgan fingerprint density at radius 3 is 2.65 bits per heavy atom. The smallest absolute Gasteiger partial charge is 0.315 e. The zero-order valence-electron chi connectivity index (χ0n) is 13.4. The molecule has 7 heteroatoms. The number of aromatic nitrogens is 1. The number of amides is 2. The van der Waals surface area contributed by atoms with Gasteiger partial charge < -0.3 is 20.5 Å². The van der Waals surface area contributed by atoms with E-state index in [9.17, 15) is 9.59 Å². The number of urea groups is 1. The van der Waals surface area contributed by atoms with Gasteiger partial charge in [-0.15, -0.1) is 0 Å². The predicted octanol–water partition coefficient (Wildman–Crippen LogP) is 2.09. The second-order valence-electron chi connectivity index (χ2n) is 5.84. The molecule has 0 aromatic carbocycles. The van der Waals surface area contributed by atoms with Gasteiger partial charge in [0.2, 0.25) is 0 Å². The minimum Gasteiger partial charge on any atom is -0.495 e. The van der Waals surface area contributed by atoms with Crippen LogP contribution < -0.4 is 15.4 Å². The summed E-state index contributed by atoms with van der Waals surface area (Å²) in [5.74, 6) is -0.398. The first kappa shape index (κ1) is 17.1. The number of carbonyl (C=O) groups is 2. The van der Waals surface area contributed by atoms with Crippen LogP contribution in [0.2, 0.25) is 0 Å². The van der Waals surface area contributed by atoms with E-state index < -0.39 is 5.97 Å². The largest absolute Gasteiger partial charge is 0.495 e. The van der Waals surface area contributed by atoms with Gasteiger partial charge in [0.05, 0.1) is 25.3 Å². The number of nitrogens with zero attached hydrogens (tertiary/aromatic N) is 1. The Bertz CT molecular complexity index is 556. The van der Waals surface area contributed by atoms with Crippen molar-refractivity contribution < 1.29 is 19.4 Å². The van der Waals surface area contributed by atoms with Gasteiger partial charge in [-0.2, -0.15) is 0 Å². The molecule has 1 aliphatic rings. The van der Waals surface area contributed by atoms with Crippen LogP contribution in [0.5, 0.6) is 5.75 Å². The van der Waals surface area contributed by atoms with Crippen molar-refractivity contribution >= 4 is 12.0 Å². The second kappa shape index (κ2) is 7.80. The summed E-state index contributed by atoms with van der Waals surface area (Å²) in [6.45, 7) is 1.87. The van der Waals surface area contributed by atoms with Gasteiger partial charge in [-0.05, 0) is 38.7 Å². The van der Waals surface area contributed by atoms with Crippen molar-refractivity contribution in [2.45, 2.75) is 44.7 Å². The SMILES string of the molecule is COc1cnccc1C(C)NC(=O)NC1CCC(C(=O)O)CC1. The zero-order valence-corrected chi connectivity index (χ0v) is 13.4. The average Bonchev–Trinajstić information content (AvgIpc) is 2.55. The van der Waals surface area contributed by atoms with E-state index in [1.807, 2.05) is 13.0 Å². The van der Waals surface area contributed by atoms with Crippen LogP contribution in [0.4, 0.5) is 4.79 Å². The molecule has 1 unspecified atom stereocenters. The van der Waals surface area contributed by atoms with Crippen LogP contribution in [0, 0.1) is 5.92 Å². The molecule has 1 aromatic heterocycles. The number of carboxylic acid groups (broad SMARTS) is 1. The normalized spacial score (nSPS) is 22.0. The summed E-state index contributed by atoms with van der Waals surface area (Å²) in [5.41, 5.74) is 0.854. The Morgan fingerprint density at radius 1 is 1.35 bits per heavy atom. The first-order chi connectivity index (χ1) is 11.0. The molecule has 1 atom stereocenters. The molecule has 3 N–H and O–H groups in total. The number of rotatable bonds is 5. The minimum atomic E-state index is -0.744. The van der Waals surface area contributed by atoms with E-state index >= 15 is 0 Å². The summed E-state index contributed by atoms with van der Waals surface area (Å²) in [6.07, 6.45) is 5.86. The third-order valence-corrected chi connectivity index (χ3v) is 4.26. The maximum absolute atomic E-state index is 12.1. The number of hydrogen-bond acceptors (Lipinski definition) is 4. The molecule has 0 saturated heterocycles. The highest BCUT2D eigenvalue weighted by Crippen LogP contribution is 2.25. The summed E-state index contributed by atoms with van der Waals surface area (Å²) in [7, 11) is 1.56. The molecule has 0 aliphatic heterocycles. The van der Waals surface area contributed by atoms with Gasteiger partial charge in [-0.3, -0.25) is 9.78 Å². The van der Waals surface area contributed by atoms with Crippen LogP contribution in [0.3, 0.4) is 0 Å². The van der Waals surface area contributed by atoms with E-state index in [0.717, 1.165) is 5.56 Å². The molecule has 2 rings (SSSR count). The lowest BCUT2D eigenvalue weighted by Gasteiger charge is -2.27. The number of ether oxygens (including phenoxy) is 1. The molecule has 1 fully saturated rings. The third-order valence-electron chi connectivity index (χ3n) is 4.26. The van der Waals surface area contributed by atoms with Gasteiger partial charge >= 0.3 is 12.0 Å². The van der Waals surface area contributed by atoms with E-state index in [0.29, 0.717) is 31.4 Å². The van der Waals surface area contributed by atoms with Crippen molar-refractivity contribution in [3.63, 3.8) is 0 Å². The van der Waals surface area contributed by atoms with Crippen LogP contribution in [0.25, 0.3) is 0 Å². The van der Waals surface area contributed by atoms with Crippen LogP contribution in [-0.2, 0) is 4.79 Å². The Kier molecular flexibility index (Phi) is 5.78. The molecule has 23 heavy (non-hydrogen) atoms. The molecule has 1 heterocycles. The molecular weight excluding hydrogens is 298 g/mol. The Balaban J connectivity index is 1.84. The lowest BCUT2D eigenvalue weighted by Crippen LogP contribution is -2.44. The minimum absolute atomic E-state index is 0.0251. The highest BCUT2D eigenvalue weighted by molar-refractivity contribution is 5.75. The summed E-state index contributed by atoms with van der Waals surface area (Å²) >= 11 is 0. The maximum Gasteiger partial charge on any atom is 0.315 e. The molecular formula is C16H23N3O4. The fourth-order valence-corrected chi connectivity index (χ4v) is 2.91. The van der Waals surface area contributed by atoms with Gasteiger partial charge in [0.25, 0.3) is 0 Å². The van der Waals surface area contributed by atoms with E-state index in [1.165, 1.54) is 0 Å². The standard InChI is InChI=1S/C16H23N3O4/c1-10(13-7-8-17-9-14(13)23-2)18-16(22)19-12-5-3-11(4-6-12)15(20)21/h7-12H,3-6H2,1-2H3,(H,20,21)(H2,18,19,22). The van der Waals surface area contributed by atoms with Crippen molar-refractivity contribution in [3.8, 4) is 5.75 Å². The summed E-state index contributed by atoms with van der Waals surface area (Å²) in [4.78, 5) is 27.0. The van der Waals surface area contributed by atoms with Gasteiger partial charge in [-0.25, -0.2) is 4.79 Å². The number of methoxy groups -OCH3 is 1. The number of hydrogen-bond donors (Lipinski definition) is 3. The van der Waals surface area contributed by atoms with Crippen molar-refractivity contribution in [1.29, 1.82) is 0 Å². The molecule has 0 spiro atoms. The van der Waals surface area contributed by atoms with Gasteiger partial charge in [0.1, 0.15) is 5.75 Å². The first-order valence-electron chi connectivity index (χ1n) is 7.79. The number of carboxylic acids is 1. The quantitative estimate of drug-likeness (QED) is 0.771. The van der Waals surface area contributed by atoms with Gasteiger partial charge in [0.15, 0.2) is 0 Å². The number of pyridine rings is 1. The van der Waals surface area contributed by atoms with Crippen LogP contribution >= 0.6 is 0 Å². The molecule has 126 valence electrons. The topological polar surface area (TPSA) is 101 Å². The number of carbonyl (C=O) groups excluding carboxylic acids is 1. The van der Waals surface area contributed by atoms with E-state index in [1.54, 1.807) is 19.5 Å². The zero-order chi connectivity index (χ0) is 16.8. The highest BCUT2D eigenvalue weighted by Gasteiger charge is 2.27. The predicted molar refractivity (Wildman–Crippen MR) is 84.3 cm³/mol. The van der Waals surface area contributed by atoms with Crippen molar-refractivity contribution in [2.75, 3.05) is 7.11 Å². The highest BCUT2D eigenvalue weighted by atomic mass is 16.5. The third kappa shape index (κ3) is 4.58. The van der Waals surface area contributed by atoms with Gasteiger partial charge in [0, 0.05) is 17.8 Å². The van der Waals surface area contributed by atoms with E-state index in [4.69, 9.17) is 9.84 Å². The summed E-state index contributed by atoms with van der Waals surface area (Å²) in [5, 5.41) is 14.8. The fourth-order valence-electron chi connectivity index (χ4n) is 2.91. The first-order valence-corrected chi connectivity index (χ1v) is 7.79. The lowest BCUT2D eigenvalue weighted by atomic mass is 9.86. The van der Waals surface area contributed by atoms with Crippen molar-refractivity contribution in [3.05, 3.63) is 24.0 Å². The van der Waals surface area contributed by atoms with Crippen LogP contribution in [0.1, 0.15) is 44.2 Å². The lowest BCUT2D eigenvalue weighted by molar-refractivity contribution is -0.142. The maximum atomic E-state index is 12.1. The Morgan fingerprint density at radius 2 is 2.04 bits per heavy atom.